The number of carbonyl (C=O) groups excluding carboxylic acids is 1. The maximum absolute atomic E-state index is 11.8. The maximum Gasteiger partial charge on any atom is 0.239 e. The average molecular weight is 336 g/mol. The van der Waals surface area contributed by atoms with E-state index in [0.29, 0.717) is 36.2 Å². The smallest absolute Gasteiger partial charge is 0.239 e. The molecule has 1 aliphatic heterocycles. The molecule has 1 aromatic carbocycles. The molecule has 122 valence electrons. The average Bonchev–Trinajstić information content (AvgIpc) is 3.15. The summed E-state index contributed by atoms with van der Waals surface area (Å²) in [4.78, 5) is 13.5. The lowest BCUT2D eigenvalue weighted by atomic mass is 10.1. The SMILES string of the molecule is CO[C@H]1C[C@H](c2nnc(Cc3ccccc3Cl)o2)N(C(C)=O)C1. The number of hydrogen-bond acceptors (Lipinski definition) is 5. The Kier molecular flexibility index (Phi) is 4.63. The summed E-state index contributed by atoms with van der Waals surface area (Å²) in [5.74, 6) is 0.902. The number of ether oxygens (including phenoxy) is 1. The molecule has 0 bridgehead atoms. The monoisotopic (exact) mass is 335 g/mol. The van der Waals surface area contributed by atoms with Crippen LogP contribution in [0.1, 0.15) is 36.7 Å². The second-order valence-corrected chi connectivity index (χ2v) is 5.99. The summed E-state index contributed by atoms with van der Waals surface area (Å²) in [5.41, 5.74) is 0.925. The van der Waals surface area contributed by atoms with Gasteiger partial charge >= 0.3 is 0 Å². The molecule has 1 aromatic heterocycles. The van der Waals surface area contributed by atoms with Crippen LogP contribution in [-0.2, 0) is 16.0 Å². The third kappa shape index (κ3) is 3.38. The quantitative estimate of drug-likeness (QED) is 0.859. The fourth-order valence-electron chi connectivity index (χ4n) is 2.83. The van der Waals surface area contributed by atoms with Gasteiger partial charge in [0.25, 0.3) is 0 Å². The van der Waals surface area contributed by atoms with Gasteiger partial charge in [0.1, 0.15) is 6.04 Å². The molecule has 0 aliphatic carbocycles. The van der Waals surface area contributed by atoms with Crippen LogP contribution >= 0.6 is 11.6 Å². The van der Waals surface area contributed by atoms with Crippen LogP contribution in [-0.4, -0.2) is 40.8 Å². The summed E-state index contributed by atoms with van der Waals surface area (Å²) in [6.45, 7) is 2.07. The molecular formula is C16H18ClN3O3. The topological polar surface area (TPSA) is 68.5 Å². The fourth-order valence-corrected chi connectivity index (χ4v) is 3.03. The van der Waals surface area contributed by atoms with Crippen molar-refractivity contribution in [1.29, 1.82) is 0 Å². The van der Waals surface area contributed by atoms with E-state index in [0.717, 1.165) is 5.56 Å². The fraction of sp³-hybridized carbons (Fsp3) is 0.438. The van der Waals surface area contributed by atoms with Crippen molar-refractivity contribution in [2.75, 3.05) is 13.7 Å². The summed E-state index contributed by atoms with van der Waals surface area (Å²) >= 11 is 6.15. The molecule has 7 heteroatoms. The van der Waals surface area contributed by atoms with Crippen LogP contribution in [0.2, 0.25) is 5.02 Å². The number of hydrogen-bond donors (Lipinski definition) is 0. The molecule has 23 heavy (non-hydrogen) atoms. The largest absolute Gasteiger partial charge is 0.423 e. The van der Waals surface area contributed by atoms with Crippen molar-refractivity contribution in [3.05, 3.63) is 46.6 Å². The number of benzene rings is 1. The normalized spacial score (nSPS) is 20.9. The first-order valence-electron chi connectivity index (χ1n) is 7.44. The highest BCUT2D eigenvalue weighted by molar-refractivity contribution is 6.31. The minimum atomic E-state index is -0.232. The number of amides is 1. The molecule has 1 amide bonds. The van der Waals surface area contributed by atoms with Gasteiger partial charge in [-0.2, -0.15) is 0 Å². The van der Waals surface area contributed by atoms with E-state index in [4.69, 9.17) is 20.8 Å². The highest BCUT2D eigenvalue weighted by Gasteiger charge is 2.38. The molecular weight excluding hydrogens is 318 g/mol. The zero-order chi connectivity index (χ0) is 16.4. The van der Waals surface area contributed by atoms with Gasteiger partial charge in [-0.05, 0) is 11.6 Å². The van der Waals surface area contributed by atoms with Gasteiger partial charge < -0.3 is 14.1 Å². The summed E-state index contributed by atoms with van der Waals surface area (Å²) in [7, 11) is 1.64. The Labute approximate surface area is 139 Å². The van der Waals surface area contributed by atoms with Gasteiger partial charge in [0.2, 0.25) is 17.7 Å². The van der Waals surface area contributed by atoms with Gasteiger partial charge in [-0.25, -0.2) is 0 Å². The molecule has 2 atom stereocenters. The van der Waals surface area contributed by atoms with Crippen molar-refractivity contribution >= 4 is 17.5 Å². The lowest BCUT2D eigenvalue weighted by molar-refractivity contribution is -0.130. The predicted molar refractivity (Wildman–Crippen MR) is 84.1 cm³/mol. The molecule has 0 radical (unpaired) electrons. The Morgan fingerprint density at radius 3 is 2.91 bits per heavy atom. The van der Waals surface area contributed by atoms with Crippen LogP contribution in [0.4, 0.5) is 0 Å². The van der Waals surface area contributed by atoms with E-state index < -0.39 is 0 Å². The number of aromatic nitrogens is 2. The maximum atomic E-state index is 11.8. The molecule has 0 unspecified atom stereocenters. The Balaban J connectivity index is 1.78. The van der Waals surface area contributed by atoms with Gasteiger partial charge in [0.15, 0.2) is 0 Å². The molecule has 2 aromatic rings. The third-order valence-corrected chi connectivity index (χ3v) is 4.44. The van der Waals surface area contributed by atoms with Crippen LogP contribution in [0.25, 0.3) is 0 Å². The molecule has 0 spiro atoms. The van der Waals surface area contributed by atoms with Crippen molar-refractivity contribution in [3.63, 3.8) is 0 Å². The van der Waals surface area contributed by atoms with E-state index in [2.05, 4.69) is 10.2 Å². The second kappa shape index (κ2) is 6.68. The van der Waals surface area contributed by atoms with E-state index >= 15 is 0 Å². The number of likely N-dealkylation sites (tertiary alicyclic amines) is 1. The zero-order valence-corrected chi connectivity index (χ0v) is 13.8. The first-order valence-corrected chi connectivity index (χ1v) is 7.82. The van der Waals surface area contributed by atoms with Crippen LogP contribution < -0.4 is 0 Å². The van der Waals surface area contributed by atoms with Crippen molar-refractivity contribution in [2.45, 2.75) is 31.9 Å². The van der Waals surface area contributed by atoms with Gasteiger partial charge in [0, 0.05) is 32.0 Å². The van der Waals surface area contributed by atoms with Crippen LogP contribution in [0.5, 0.6) is 0 Å². The summed E-state index contributed by atoms with van der Waals surface area (Å²) < 4.78 is 11.1. The molecule has 0 saturated carbocycles. The van der Waals surface area contributed by atoms with Gasteiger partial charge in [-0.15, -0.1) is 10.2 Å². The summed E-state index contributed by atoms with van der Waals surface area (Å²) in [6.07, 6.45) is 1.11. The Morgan fingerprint density at radius 2 is 2.22 bits per heavy atom. The van der Waals surface area contributed by atoms with Gasteiger partial charge in [0.05, 0.1) is 12.5 Å². The van der Waals surface area contributed by atoms with E-state index in [1.54, 1.807) is 12.0 Å². The third-order valence-electron chi connectivity index (χ3n) is 4.07. The molecule has 1 aliphatic rings. The Bertz CT molecular complexity index is 703. The molecule has 1 fully saturated rings. The summed E-state index contributed by atoms with van der Waals surface area (Å²) in [6, 6.07) is 7.30. The lowest BCUT2D eigenvalue weighted by Crippen LogP contribution is -2.29. The second-order valence-electron chi connectivity index (χ2n) is 5.58. The highest BCUT2D eigenvalue weighted by Crippen LogP contribution is 2.33. The van der Waals surface area contributed by atoms with Crippen molar-refractivity contribution in [2.24, 2.45) is 0 Å². The van der Waals surface area contributed by atoms with Gasteiger partial charge in [-0.1, -0.05) is 29.8 Å². The molecule has 1 saturated heterocycles. The van der Waals surface area contributed by atoms with Crippen molar-refractivity contribution in [3.8, 4) is 0 Å². The predicted octanol–water partition coefficient (Wildman–Crippen LogP) is 2.62. The van der Waals surface area contributed by atoms with Crippen LogP contribution in [0, 0.1) is 0 Å². The zero-order valence-electron chi connectivity index (χ0n) is 13.0. The van der Waals surface area contributed by atoms with E-state index in [-0.39, 0.29) is 18.1 Å². The minimum Gasteiger partial charge on any atom is -0.423 e. The van der Waals surface area contributed by atoms with Crippen LogP contribution in [0.3, 0.4) is 0 Å². The van der Waals surface area contributed by atoms with E-state index in [1.165, 1.54) is 6.92 Å². The highest BCUT2D eigenvalue weighted by atomic mass is 35.5. The Hall–Kier alpha value is -1.92. The van der Waals surface area contributed by atoms with Crippen molar-refractivity contribution in [1.82, 2.24) is 15.1 Å². The lowest BCUT2D eigenvalue weighted by Gasteiger charge is -2.19. The number of methoxy groups -OCH3 is 1. The molecule has 6 nitrogen and oxygen atoms in total. The number of rotatable bonds is 4. The van der Waals surface area contributed by atoms with Gasteiger partial charge in [-0.3, -0.25) is 4.79 Å². The van der Waals surface area contributed by atoms with Crippen molar-refractivity contribution < 1.29 is 13.9 Å². The minimum absolute atomic E-state index is 0.0113. The number of halogens is 1. The number of carbonyl (C=O) groups is 1. The molecule has 3 rings (SSSR count). The van der Waals surface area contributed by atoms with Crippen LogP contribution in [0.15, 0.2) is 28.7 Å². The first kappa shape index (κ1) is 16.0. The summed E-state index contributed by atoms with van der Waals surface area (Å²) in [5, 5.41) is 8.87. The molecule has 0 N–H and O–H groups in total. The Morgan fingerprint density at radius 1 is 1.43 bits per heavy atom. The van der Waals surface area contributed by atoms with E-state index in [1.807, 2.05) is 24.3 Å². The standard InChI is InChI=1S/C16H18ClN3O3/c1-10(21)20-9-12(22-2)8-14(20)16-19-18-15(23-16)7-11-5-3-4-6-13(11)17/h3-6,12,14H,7-9H2,1-2H3/t12-,14+/m0/s1. The first-order chi connectivity index (χ1) is 11.1. The van der Waals surface area contributed by atoms with E-state index in [9.17, 15) is 4.79 Å². The number of nitrogens with zero attached hydrogens (tertiary/aromatic N) is 3. The molecule has 2 heterocycles.